The summed E-state index contributed by atoms with van der Waals surface area (Å²) in [6, 6.07) is 8.09. The summed E-state index contributed by atoms with van der Waals surface area (Å²) in [5.41, 5.74) is 2.62. The Labute approximate surface area is 155 Å². The third kappa shape index (κ3) is 5.33. The van der Waals surface area contributed by atoms with Gasteiger partial charge in [0.25, 0.3) is 5.88 Å². The molecule has 0 aliphatic rings. The quantitative estimate of drug-likeness (QED) is 0.517. The van der Waals surface area contributed by atoms with Crippen molar-refractivity contribution in [2.75, 3.05) is 13.2 Å². The van der Waals surface area contributed by atoms with Gasteiger partial charge in [0.05, 0.1) is 17.7 Å². The Morgan fingerprint density at radius 1 is 1.23 bits per heavy atom. The lowest BCUT2D eigenvalue weighted by Gasteiger charge is -2.26. The van der Waals surface area contributed by atoms with Crippen molar-refractivity contribution >= 4 is 6.41 Å². The summed E-state index contributed by atoms with van der Waals surface area (Å²) >= 11 is 0. The third-order valence-electron chi connectivity index (χ3n) is 3.65. The maximum Gasteiger partial charge on any atom is 0.258 e. The van der Waals surface area contributed by atoms with Gasteiger partial charge in [-0.3, -0.25) is 9.63 Å². The number of ether oxygens (including phenoxy) is 1. The Morgan fingerprint density at radius 2 is 1.88 bits per heavy atom. The molecule has 1 aromatic carbocycles. The summed E-state index contributed by atoms with van der Waals surface area (Å²) < 4.78 is 11.3. The van der Waals surface area contributed by atoms with Crippen molar-refractivity contribution < 1.29 is 18.9 Å². The van der Waals surface area contributed by atoms with Crippen LogP contribution in [0.25, 0.3) is 11.3 Å². The minimum absolute atomic E-state index is 0.181. The average molecular weight is 360 g/mol. The highest BCUT2D eigenvalue weighted by atomic mass is 16.7. The molecule has 0 N–H and O–H groups in total. The molecule has 0 bridgehead atoms. The summed E-state index contributed by atoms with van der Waals surface area (Å²) in [4.78, 5) is 16.7. The van der Waals surface area contributed by atoms with Gasteiger partial charge in [0.1, 0.15) is 6.61 Å². The normalized spacial score (nSPS) is 11.7. The second-order valence-electron chi connectivity index (χ2n) is 7.55. The molecule has 0 aliphatic heterocycles. The monoisotopic (exact) mass is 360 g/mol. The molecule has 0 atom stereocenters. The zero-order chi connectivity index (χ0) is 19.3. The van der Waals surface area contributed by atoms with Crippen molar-refractivity contribution in [2.45, 2.75) is 53.1 Å². The molecule has 0 spiro atoms. The fourth-order valence-electron chi connectivity index (χ4n) is 2.51. The number of nitrogens with zero attached hydrogens (tertiary/aromatic N) is 2. The number of amides is 1. The number of hydrogen-bond donors (Lipinski definition) is 0. The van der Waals surface area contributed by atoms with Gasteiger partial charge in [-0.2, -0.15) is 0 Å². The average Bonchev–Trinajstić information content (AvgIpc) is 2.97. The fraction of sp³-hybridized carbons (Fsp3) is 0.500. The summed E-state index contributed by atoms with van der Waals surface area (Å²) in [5.74, 6) is 1.35. The first-order chi connectivity index (χ1) is 12.2. The molecule has 26 heavy (non-hydrogen) atoms. The van der Waals surface area contributed by atoms with Crippen molar-refractivity contribution in [3.8, 4) is 17.2 Å². The van der Waals surface area contributed by atoms with Gasteiger partial charge in [-0.05, 0) is 38.8 Å². The molecule has 2 rings (SSSR count). The summed E-state index contributed by atoms with van der Waals surface area (Å²) in [5, 5.41) is 5.32. The maximum absolute atomic E-state index is 11.1. The van der Waals surface area contributed by atoms with E-state index in [2.05, 4.69) is 19.0 Å². The van der Waals surface area contributed by atoms with E-state index in [1.54, 1.807) is 0 Å². The lowest BCUT2D eigenvalue weighted by molar-refractivity contribution is -0.217. The highest BCUT2D eigenvalue weighted by molar-refractivity contribution is 5.64. The summed E-state index contributed by atoms with van der Waals surface area (Å²) in [7, 11) is 0. The number of rotatable bonds is 8. The molecule has 6 nitrogen and oxygen atoms in total. The predicted octanol–water partition coefficient (Wildman–Crippen LogP) is 4.34. The van der Waals surface area contributed by atoms with Crippen LogP contribution in [0.3, 0.4) is 0 Å². The number of carbonyl (C=O) groups excluding carboxylic acids is 1. The number of benzene rings is 1. The first kappa shape index (κ1) is 20.0. The topological polar surface area (TPSA) is 64.8 Å². The van der Waals surface area contributed by atoms with E-state index in [0.29, 0.717) is 24.6 Å². The van der Waals surface area contributed by atoms with Crippen LogP contribution in [0.2, 0.25) is 0 Å². The number of hydrogen-bond acceptors (Lipinski definition) is 5. The lowest BCUT2D eigenvalue weighted by Crippen LogP contribution is -2.35. The third-order valence-corrected chi connectivity index (χ3v) is 3.65. The summed E-state index contributed by atoms with van der Waals surface area (Å²) in [6.45, 7) is 12.4. The van der Waals surface area contributed by atoms with Gasteiger partial charge in [-0.25, -0.2) is 5.06 Å². The second-order valence-corrected chi connectivity index (χ2v) is 7.55. The zero-order valence-corrected chi connectivity index (χ0v) is 16.4. The van der Waals surface area contributed by atoms with Gasteiger partial charge in [-0.1, -0.05) is 43.7 Å². The fourth-order valence-corrected chi connectivity index (χ4v) is 2.51. The molecule has 2 aromatic rings. The van der Waals surface area contributed by atoms with E-state index < -0.39 is 5.60 Å². The molecule has 0 unspecified atom stereocenters. The first-order valence-electron chi connectivity index (χ1n) is 8.81. The Kier molecular flexibility index (Phi) is 6.42. The van der Waals surface area contributed by atoms with E-state index in [0.717, 1.165) is 11.1 Å². The second kappa shape index (κ2) is 8.36. The SMILES string of the molecule is Cc1ccc(-c2onc(OCCN(C=O)OC(C)(C)C)c2C(C)C)cc1. The van der Waals surface area contributed by atoms with Crippen LogP contribution >= 0.6 is 0 Å². The largest absolute Gasteiger partial charge is 0.473 e. The van der Waals surface area contributed by atoms with Crippen molar-refractivity contribution in [3.63, 3.8) is 0 Å². The molecule has 0 saturated heterocycles. The van der Waals surface area contributed by atoms with E-state index in [-0.39, 0.29) is 12.5 Å². The van der Waals surface area contributed by atoms with E-state index >= 15 is 0 Å². The Bertz CT molecular complexity index is 714. The maximum atomic E-state index is 11.1. The standard InChI is InChI=1S/C20H28N2O4/c1-14(2)17-18(16-9-7-15(3)8-10-16)25-21-19(17)24-12-11-22(13-23)26-20(4,5)6/h7-10,13-14H,11-12H2,1-6H3. The van der Waals surface area contributed by atoms with Gasteiger partial charge in [0.2, 0.25) is 6.41 Å². The number of hydroxylamine groups is 2. The van der Waals surface area contributed by atoms with Crippen molar-refractivity contribution in [3.05, 3.63) is 35.4 Å². The number of carbonyl (C=O) groups is 1. The molecule has 6 heteroatoms. The van der Waals surface area contributed by atoms with E-state index in [1.807, 2.05) is 52.0 Å². The molecule has 1 amide bonds. The minimum Gasteiger partial charge on any atom is -0.473 e. The van der Waals surface area contributed by atoms with Gasteiger partial charge in [0, 0.05) is 5.56 Å². The van der Waals surface area contributed by atoms with Gasteiger partial charge in [0.15, 0.2) is 5.76 Å². The zero-order valence-electron chi connectivity index (χ0n) is 16.4. The lowest BCUT2D eigenvalue weighted by atomic mass is 9.99. The van der Waals surface area contributed by atoms with Crippen LogP contribution in [-0.4, -0.2) is 35.4 Å². The van der Waals surface area contributed by atoms with Crippen LogP contribution < -0.4 is 4.74 Å². The molecule has 1 heterocycles. The van der Waals surface area contributed by atoms with Gasteiger partial charge >= 0.3 is 0 Å². The van der Waals surface area contributed by atoms with Crippen LogP contribution in [-0.2, 0) is 9.63 Å². The molecule has 0 radical (unpaired) electrons. The van der Waals surface area contributed by atoms with Gasteiger partial charge < -0.3 is 9.26 Å². The molecular formula is C20H28N2O4. The van der Waals surface area contributed by atoms with Crippen LogP contribution in [0, 0.1) is 6.92 Å². The number of aryl methyl sites for hydroxylation is 1. The predicted molar refractivity (Wildman–Crippen MR) is 99.9 cm³/mol. The molecular weight excluding hydrogens is 332 g/mol. The van der Waals surface area contributed by atoms with Crippen LogP contribution in [0.1, 0.15) is 51.7 Å². The molecule has 0 fully saturated rings. The minimum atomic E-state index is -0.448. The Balaban J connectivity index is 2.10. The van der Waals surface area contributed by atoms with Crippen LogP contribution in [0.4, 0.5) is 0 Å². The Hall–Kier alpha value is -2.34. The van der Waals surface area contributed by atoms with Crippen molar-refractivity contribution in [1.29, 1.82) is 0 Å². The van der Waals surface area contributed by atoms with Crippen LogP contribution in [0.15, 0.2) is 28.8 Å². The van der Waals surface area contributed by atoms with E-state index in [4.69, 9.17) is 14.1 Å². The van der Waals surface area contributed by atoms with E-state index in [1.165, 1.54) is 10.6 Å². The molecule has 0 aliphatic carbocycles. The highest BCUT2D eigenvalue weighted by Gasteiger charge is 2.22. The first-order valence-corrected chi connectivity index (χ1v) is 8.81. The van der Waals surface area contributed by atoms with E-state index in [9.17, 15) is 4.79 Å². The summed E-state index contributed by atoms with van der Waals surface area (Å²) in [6.07, 6.45) is 0.651. The Morgan fingerprint density at radius 3 is 2.42 bits per heavy atom. The van der Waals surface area contributed by atoms with Crippen LogP contribution in [0.5, 0.6) is 5.88 Å². The van der Waals surface area contributed by atoms with Gasteiger partial charge in [-0.15, -0.1) is 0 Å². The van der Waals surface area contributed by atoms with Crippen molar-refractivity contribution in [1.82, 2.24) is 10.2 Å². The molecule has 1 aromatic heterocycles. The molecule has 0 saturated carbocycles. The highest BCUT2D eigenvalue weighted by Crippen LogP contribution is 2.36. The number of aromatic nitrogens is 1. The van der Waals surface area contributed by atoms with Crippen molar-refractivity contribution in [2.24, 2.45) is 0 Å². The molecule has 142 valence electrons. The smallest absolute Gasteiger partial charge is 0.258 e.